The first kappa shape index (κ1) is 14.9. The minimum absolute atomic E-state index is 0.147. The number of aliphatic carboxylic acids is 1. The Morgan fingerprint density at radius 1 is 1.10 bits per heavy atom. The van der Waals surface area contributed by atoms with Crippen LogP contribution in [0.3, 0.4) is 0 Å². The summed E-state index contributed by atoms with van der Waals surface area (Å²) in [6, 6.07) is 16.2. The summed E-state index contributed by atoms with van der Waals surface area (Å²) in [5, 5.41) is 12.6. The number of anilines is 1. The highest BCUT2D eigenvalue weighted by molar-refractivity contribution is 5.78. The van der Waals surface area contributed by atoms with Gasteiger partial charge in [-0.25, -0.2) is 4.79 Å². The van der Waals surface area contributed by atoms with Gasteiger partial charge in [-0.15, -0.1) is 0 Å². The standard InChI is InChI=1S/C17H19NO3/c1-12(13-6-4-3-5-7-13)16(17(19)20)18-14-8-10-15(21-2)11-9-14/h3-12,16,18H,1-2H3,(H,19,20). The van der Waals surface area contributed by atoms with Crippen molar-refractivity contribution < 1.29 is 14.6 Å². The molecule has 0 saturated carbocycles. The maximum atomic E-state index is 11.6. The Morgan fingerprint density at radius 2 is 1.71 bits per heavy atom. The van der Waals surface area contributed by atoms with Gasteiger partial charge in [0, 0.05) is 11.6 Å². The van der Waals surface area contributed by atoms with E-state index >= 15 is 0 Å². The minimum Gasteiger partial charge on any atom is -0.497 e. The lowest BCUT2D eigenvalue weighted by atomic mass is 9.93. The van der Waals surface area contributed by atoms with E-state index in [0.29, 0.717) is 0 Å². The van der Waals surface area contributed by atoms with Crippen LogP contribution >= 0.6 is 0 Å². The van der Waals surface area contributed by atoms with Crippen molar-refractivity contribution >= 4 is 11.7 Å². The molecule has 21 heavy (non-hydrogen) atoms. The van der Waals surface area contributed by atoms with Crippen LogP contribution in [0.4, 0.5) is 5.69 Å². The van der Waals surface area contributed by atoms with Crippen LogP contribution < -0.4 is 10.1 Å². The number of nitrogens with one attached hydrogen (secondary N) is 1. The van der Waals surface area contributed by atoms with Crippen molar-refractivity contribution in [2.45, 2.75) is 18.9 Å². The Balaban J connectivity index is 2.17. The molecule has 0 aromatic heterocycles. The summed E-state index contributed by atoms with van der Waals surface area (Å²) in [5.41, 5.74) is 1.75. The van der Waals surface area contributed by atoms with Crippen LogP contribution in [0.2, 0.25) is 0 Å². The maximum Gasteiger partial charge on any atom is 0.326 e. The molecule has 2 N–H and O–H groups in total. The third-order valence-electron chi connectivity index (χ3n) is 3.50. The first-order valence-corrected chi connectivity index (χ1v) is 6.80. The lowest BCUT2D eigenvalue weighted by Crippen LogP contribution is -2.34. The zero-order valence-corrected chi connectivity index (χ0v) is 12.1. The molecule has 0 heterocycles. The van der Waals surface area contributed by atoms with Crippen molar-refractivity contribution in [3.63, 3.8) is 0 Å². The van der Waals surface area contributed by atoms with Crippen molar-refractivity contribution in [1.29, 1.82) is 0 Å². The molecule has 2 rings (SSSR count). The summed E-state index contributed by atoms with van der Waals surface area (Å²) in [7, 11) is 1.60. The highest BCUT2D eigenvalue weighted by Gasteiger charge is 2.25. The van der Waals surface area contributed by atoms with E-state index in [2.05, 4.69) is 5.32 Å². The molecule has 4 heteroatoms. The largest absolute Gasteiger partial charge is 0.497 e. The van der Waals surface area contributed by atoms with Crippen molar-refractivity contribution in [3.05, 3.63) is 60.2 Å². The molecule has 2 unspecified atom stereocenters. The molecule has 0 aliphatic carbocycles. The summed E-state index contributed by atoms with van der Waals surface area (Å²) in [6.07, 6.45) is 0. The van der Waals surface area contributed by atoms with Crippen LogP contribution in [-0.4, -0.2) is 24.2 Å². The second-order valence-electron chi connectivity index (χ2n) is 4.89. The second kappa shape index (κ2) is 6.79. The van der Waals surface area contributed by atoms with Crippen LogP contribution in [0, 0.1) is 0 Å². The molecule has 0 saturated heterocycles. The smallest absolute Gasteiger partial charge is 0.326 e. The third kappa shape index (κ3) is 3.75. The third-order valence-corrected chi connectivity index (χ3v) is 3.50. The first-order valence-electron chi connectivity index (χ1n) is 6.80. The Morgan fingerprint density at radius 3 is 2.24 bits per heavy atom. The fourth-order valence-corrected chi connectivity index (χ4v) is 2.22. The van der Waals surface area contributed by atoms with E-state index < -0.39 is 12.0 Å². The van der Waals surface area contributed by atoms with Gasteiger partial charge in [-0.05, 0) is 29.8 Å². The van der Waals surface area contributed by atoms with Gasteiger partial charge >= 0.3 is 5.97 Å². The molecule has 4 nitrogen and oxygen atoms in total. The molecular formula is C17H19NO3. The molecule has 0 amide bonds. The number of methoxy groups -OCH3 is 1. The summed E-state index contributed by atoms with van der Waals surface area (Å²) in [4.78, 5) is 11.6. The summed E-state index contributed by atoms with van der Waals surface area (Å²) in [6.45, 7) is 1.91. The quantitative estimate of drug-likeness (QED) is 0.854. The van der Waals surface area contributed by atoms with E-state index in [1.54, 1.807) is 19.2 Å². The van der Waals surface area contributed by atoms with E-state index in [-0.39, 0.29) is 5.92 Å². The van der Waals surface area contributed by atoms with Crippen molar-refractivity contribution in [2.24, 2.45) is 0 Å². The predicted octanol–water partition coefficient (Wildman–Crippen LogP) is 3.36. The molecule has 110 valence electrons. The van der Waals surface area contributed by atoms with Gasteiger partial charge in [0.25, 0.3) is 0 Å². The molecule has 0 fully saturated rings. The number of carboxylic acid groups (broad SMARTS) is 1. The van der Waals surface area contributed by atoms with Gasteiger partial charge < -0.3 is 15.2 Å². The number of ether oxygens (including phenoxy) is 1. The van der Waals surface area contributed by atoms with Crippen molar-refractivity contribution in [1.82, 2.24) is 0 Å². The molecule has 0 bridgehead atoms. The van der Waals surface area contributed by atoms with Crippen LogP contribution in [0.25, 0.3) is 0 Å². The molecule has 0 aliphatic heterocycles. The normalized spacial score (nSPS) is 13.2. The fourth-order valence-electron chi connectivity index (χ4n) is 2.22. The number of hydrogen-bond acceptors (Lipinski definition) is 3. The van der Waals surface area contributed by atoms with E-state index in [9.17, 15) is 9.90 Å². The number of benzene rings is 2. The lowest BCUT2D eigenvalue weighted by molar-refractivity contribution is -0.138. The van der Waals surface area contributed by atoms with Gasteiger partial charge in [0.15, 0.2) is 0 Å². The van der Waals surface area contributed by atoms with E-state index in [0.717, 1.165) is 17.0 Å². The number of hydrogen-bond donors (Lipinski definition) is 2. The van der Waals surface area contributed by atoms with Crippen molar-refractivity contribution in [2.75, 3.05) is 12.4 Å². The molecule has 2 aromatic carbocycles. The van der Waals surface area contributed by atoms with Crippen molar-refractivity contribution in [3.8, 4) is 5.75 Å². The summed E-state index contributed by atoms with van der Waals surface area (Å²) >= 11 is 0. The van der Waals surface area contributed by atoms with Gasteiger partial charge in [-0.1, -0.05) is 37.3 Å². The number of rotatable bonds is 6. The molecular weight excluding hydrogens is 266 g/mol. The Kier molecular flexibility index (Phi) is 4.82. The molecule has 2 aromatic rings. The van der Waals surface area contributed by atoms with E-state index in [4.69, 9.17) is 4.74 Å². The zero-order valence-electron chi connectivity index (χ0n) is 12.1. The highest BCUT2D eigenvalue weighted by atomic mass is 16.5. The van der Waals surface area contributed by atoms with Crippen LogP contribution in [0.5, 0.6) is 5.75 Å². The Labute approximate surface area is 124 Å². The predicted molar refractivity (Wildman–Crippen MR) is 82.9 cm³/mol. The monoisotopic (exact) mass is 285 g/mol. The Bertz CT molecular complexity index is 581. The average Bonchev–Trinajstić information content (AvgIpc) is 2.53. The van der Waals surface area contributed by atoms with Gasteiger partial charge in [-0.2, -0.15) is 0 Å². The highest BCUT2D eigenvalue weighted by Crippen LogP contribution is 2.23. The lowest BCUT2D eigenvalue weighted by Gasteiger charge is -2.23. The first-order chi connectivity index (χ1) is 10.1. The van der Waals surface area contributed by atoms with E-state index in [1.807, 2.05) is 49.4 Å². The number of carbonyl (C=O) groups is 1. The van der Waals surface area contributed by atoms with E-state index in [1.165, 1.54) is 0 Å². The van der Waals surface area contributed by atoms with Gasteiger partial charge in [0.2, 0.25) is 0 Å². The minimum atomic E-state index is -0.873. The molecule has 2 atom stereocenters. The average molecular weight is 285 g/mol. The zero-order chi connectivity index (χ0) is 15.2. The fraction of sp³-hybridized carbons (Fsp3) is 0.235. The van der Waals surface area contributed by atoms with Gasteiger partial charge in [0.1, 0.15) is 11.8 Å². The van der Waals surface area contributed by atoms with Gasteiger partial charge in [-0.3, -0.25) is 0 Å². The summed E-state index contributed by atoms with van der Waals surface area (Å²) < 4.78 is 5.09. The maximum absolute atomic E-state index is 11.6. The molecule has 0 aliphatic rings. The molecule has 0 spiro atoms. The summed E-state index contributed by atoms with van der Waals surface area (Å²) in [5.74, 6) is -0.281. The van der Waals surface area contributed by atoms with Crippen LogP contribution in [-0.2, 0) is 4.79 Å². The second-order valence-corrected chi connectivity index (χ2v) is 4.89. The number of carboxylic acids is 1. The SMILES string of the molecule is COc1ccc(NC(C(=O)O)C(C)c2ccccc2)cc1. The Hall–Kier alpha value is -2.49. The van der Waals surface area contributed by atoms with Gasteiger partial charge in [0.05, 0.1) is 7.11 Å². The topological polar surface area (TPSA) is 58.6 Å². The van der Waals surface area contributed by atoms with Crippen LogP contribution in [0.1, 0.15) is 18.4 Å². The molecule has 0 radical (unpaired) electrons. The van der Waals surface area contributed by atoms with Crippen LogP contribution in [0.15, 0.2) is 54.6 Å².